The fourth-order valence-electron chi connectivity index (χ4n) is 3.95. The third-order valence-electron chi connectivity index (χ3n) is 5.77. The number of anilines is 2. The summed E-state index contributed by atoms with van der Waals surface area (Å²) >= 11 is 0. The Labute approximate surface area is 202 Å². The van der Waals surface area contributed by atoms with Crippen LogP contribution in [0, 0.1) is 13.8 Å². The number of ether oxygens (including phenoxy) is 2. The summed E-state index contributed by atoms with van der Waals surface area (Å²) < 4.78 is 39.6. The molecule has 0 saturated heterocycles. The molecule has 0 saturated carbocycles. The molecule has 178 valence electrons. The smallest absolute Gasteiger partial charge is 0.229 e. The van der Waals surface area contributed by atoms with Crippen LogP contribution in [-0.4, -0.2) is 42.4 Å². The lowest BCUT2D eigenvalue weighted by molar-refractivity contribution is 0.405. The fourth-order valence-corrected chi connectivity index (χ4v) is 5.51. The lowest BCUT2D eigenvalue weighted by Crippen LogP contribution is -2.07. The predicted octanol–water partition coefficient (Wildman–Crippen LogP) is 4.49. The average molecular weight is 490 g/mol. The third kappa shape index (κ3) is 3.81. The molecule has 9 nitrogen and oxygen atoms in total. The molecule has 0 fully saturated rings. The van der Waals surface area contributed by atoms with Gasteiger partial charge in [-0.15, -0.1) is 5.10 Å². The Morgan fingerprint density at radius 2 is 1.74 bits per heavy atom. The van der Waals surface area contributed by atoms with Gasteiger partial charge in [0.25, 0.3) is 0 Å². The molecule has 0 atom stereocenters. The Morgan fingerprint density at radius 3 is 2.51 bits per heavy atom. The number of aromatic nitrogens is 4. The normalized spacial score (nSPS) is 11.7. The highest BCUT2D eigenvalue weighted by molar-refractivity contribution is 7.91. The van der Waals surface area contributed by atoms with Crippen LogP contribution in [0.1, 0.15) is 11.1 Å². The summed E-state index contributed by atoms with van der Waals surface area (Å²) in [4.78, 5) is 4.86. The van der Waals surface area contributed by atoms with E-state index in [4.69, 9.17) is 9.47 Å². The number of sulfone groups is 1. The monoisotopic (exact) mass is 489 g/mol. The molecule has 2 heterocycles. The van der Waals surface area contributed by atoms with E-state index in [-0.39, 0.29) is 15.6 Å². The van der Waals surface area contributed by atoms with Crippen LogP contribution in [0.5, 0.6) is 11.5 Å². The maximum Gasteiger partial charge on any atom is 0.229 e. The van der Waals surface area contributed by atoms with Gasteiger partial charge >= 0.3 is 0 Å². The Kier molecular flexibility index (Phi) is 5.52. The zero-order valence-corrected chi connectivity index (χ0v) is 20.4. The molecular weight excluding hydrogens is 466 g/mol. The van der Waals surface area contributed by atoms with Gasteiger partial charge < -0.3 is 14.8 Å². The van der Waals surface area contributed by atoms with E-state index in [1.807, 2.05) is 37.3 Å². The standard InChI is InChI=1S/C25H23N5O4S/c1-15-9-10-16(2)22(13-15)35(31,32)25-24-27-23(18-7-5-6-8-20(18)30(24)29-28-25)26-19-14-17(33-3)11-12-21(19)34-4/h5-14H,1-4H3,(H,26,27). The molecule has 0 amide bonds. The summed E-state index contributed by atoms with van der Waals surface area (Å²) in [5.41, 5.74) is 2.83. The second kappa shape index (κ2) is 8.55. The Hall–Kier alpha value is -4.18. The molecule has 0 spiro atoms. The van der Waals surface area contributed by atoms with Gasteiger partial charge in [0.2, 0.25) is 14.9 Å². The summed E-state index contributed by atoms with van der Waals surface area (Å²) in [6.45, 7) is 3.60. The lowest BCUT2D eigenvalue weighted by Gasteiger charge is -2.14. The van der Waals surface area contributed by atoms with E-state index in [0.717, 1.165) is 10.9 Å². The molecule has 0 unspecified atom stereocenters. The first kappa shape index (κ1) is 22.6. The second-order valence-corrected chi connectivity index (χ2v) is 9.90. The number of methoxy groups -OCH3 is 2. The zero-order chi connectivity index (χ0) is 24.7. The first-order valence-electron chi connectivity index (χ1n) is 10.8. The minimum absolute atomic E-state index is 0.119. The van der Waals surface area contributed by atoms with Crippen LogP contribution in [0.3, 0.4) is 0 Å². The highest BCUT2D eigenvalue weighted by Gasteiger charge is 2.28. The molecule has 35 heavy (non-hydrogen) atoms. The maximum absolute atomic E-state index is 13.7. The van der Waals surface area contributed by atoms with Gasteiger partial charge in [-0.05, 0) is 55.3 Å². The van der Waals surface area contributed by atoms with Gasteiger partial charge in [0.1, 0.15) is 17.3 Å². The van der Waals surface area contributed by atoms with Gasteiger partial charge in [-0.1, -0.05) is 29.5 Å². The Bertz CT molecular complexity index is 1700. The highest BCUT2D eigenvalue weighted by atomic mass is 32.2. The number of para-hydroxylation sites is 1. The molecule has 0 aliphatic carbocycles. The summed E-state index contributed by atoms with van der Waals surface area (Å²) in [6, 6.07) is 18.0. The highest BCUT2D eigenvalue weighted by Crippen LogP contribution is 2.35. The molecule has 0 bridgehead atoms. The molecular formula is C25H23N5O4S. The molecule has 0 aliphatic heterocycles. The number of benzene rings is 3. The molecule has 10 heteroatoms. The maximum atomic E-state index is 13.7. The van der Waals surface area contributed by atoms with Crippen molar-refractivity contribution in [3.05, 3.63) is 71.8 Å². The van der Waals surface area contributed by atoms with Gasteiger partial charge in [0, 0.05) is 11.5 Å². The van der Waals surface area contributed by atoms with Crippen LogP contribution in [0.2, 0.25) is 0 Å². The van der Waals surface area contributed by atoms with Crippen molar-refractivity contribution >= 4 is 37.9 Å². The molecule has 0 aliphatic rings. The average Bonchev–Trinajstić information content (AvgIpc) is 3.30. The van der Waals surface area contributed by atoms with Crippen molar-refractivity contribution in [3.63, 3.8) is 0 Å². The van der Waals surface area contributed by atoms with Crippen molar-refractivity contribution in [2.45, 2.75) is 23.8 Å². The number of nitrogens with one attached hydrogen (secondary N) is 1. The number of rotatable bonds is 6. The fraction of sp³-hybridized carbons (Fsp3) is 0.160. The van der Waals surface area contributed by atoms with E-state index in [0.29, 0.717) is 34.1 Å². The molecule has 5 aromatic rings. The van der Waals surface area contributed by atoms with Crippen molar-refractivity contribution in [2.24, 2.45) is 0 Å². The molecule has 0 radical (unpaired) electrons. The largest absolute Gasteiger partial charge is 0.497 e. The van der Waals surface area contributed by atoms with Crippen LogP contribution in [-0.2, 0) is 9.84 Å². The molecule has 1 N–H and O–H groups in total. The van der Waals surface area contributed by atoms with E-state index < -0.39 is 9.84 Å². The van der Waals surface area contributed by atoms with Crippen molar-refractivity contribution in [3.8, 4) is 11.5 Å². The molecule has 5 rings (SSSR count). The quantitative estimate of drug-likeness (QED) is 0.372. The van der Waals surface area contributed by atoms with Crippen LogP contribution in [0.4, 0.5) is 11.5 Å². The van der Waals surface area contributed by atoms with Crippen LogP contribution < -0.4 is 14.8 Å². The predicted molar refractivity (Wildman–Crippen MR) is 132 cm³/mol. The Morgan fingerprint density at radius 1 is 0.943 bits per heavy atom. The van der Waals surface area contributed by atoms with Gasteiger partial charge in [-0.2, -0.15) is 4.52 Å². The van der Waals surface area contributed by atoms with E-state index in [9.17, 15) is 8.42 Å². The van der Waals surface area contributed by atoms with Crippen molar-refractivity contribution in [1.29, 1.82) is 0 Å². The van der Waals surface area contributed by atoms with Crippen LogP contribution >= 0.6 is 0 Å². The molecule has 2 aromatic heterocycles. The summed E-state index contributed by atoms with van der Waals surface area (Å²) in [6.07, 6.45) is 0. The number of hydrogen-bond donors (Lipinski definition) is 1. The van der Waals surface area contributed by atoms with Crippen LogP contribution in [0.25, 0.3) is 16.6 Å². The first-order chi connectivity index (χ1) is 16.8. The van der Waals surface area contributed by atoms with Gasteiger partial charge in [0.05, 0.1) is 30.3 Å². The summed E-state index contributed by atoms with van der Waals surface area (Å²) in [5, 5.41) is 12.0. The number of hydrogen-bond acceptors (Lipinski definition) is 8. The van der Waals surface area contributed by atoms with E-state index in [1.165, 1.54) is 4.52 Å². The van der Waals surface area contributed by atoms with Gasteiger partial charge in [0.15, 0.2) is 5.65 Å². The van der Waals surface area contributed by atoms with E-state index >= 15 is 0 Å². The van der Waals surface area contributed by atoms with Gasteiger partial charge in [-0.3, -0.25) is 0 Å². The SMILES string of the molecule is COc1ccc(OC)c(Nc2nc3c(S(=O)(=O)c4cc(C)ccc4C)nnn3c3ccccc23)c1. The van der Waals surface area contributed by atoms with Crippen molar-refractivity contribution in [1.82, 2.24) is 19.8 Å². The summed E-state index contributed by atoms with van der Waals surface area (Å²) in [7, 11) is -0.843. The van der Waals surface area contributed by atoms with Crippen molar-refractivity contribution < 1.29 is 17.9 Å². The number of aryl methyl sites for hydroxylation is 2. The Balaban J connectivity index is 1.75. The second-order valence-electron chi connectivity index (χ2n) is 8.07. The van der Waals surface area contributed by atoms with E-state index in [1.54, 1.807) is 51.5 Å². The minimum Gasteiger partial charge on any atom is -0.497 e. The lowest BCUT2D eigenvalue weighted by atomic mass is 10.2. The van der Waals surface area contributed by atoms with Crippen molar-refractivity contribution in [2.75, 3.05) is 19.5 Å². The minimum atomic E-state index is -3.99. The van der Waals surface area contributed by atoms with E-state index in [2.05, 4.69) is 20.6 Å². The molecule has 3 aromatic carbocycles. The summed E-state index contributed by atoms with van der Waals surface area (Å²) in [5.74, 6) is 1.63. The third-order valence-corrected chi connectivity index (χ3v) is 7.56. The number of nitrogens with zero attached hydrogens (tertiary/aromatic N) is 4. The zero-order valence-electron chi connectivity index (χ0n) is 19.6. The number of fused-ring (bicyclic) bond motifs is 3. The topological polar surface area (TPSA) is 108 Å². The van der Waals surface area contributed by atoms with Crippen LogP contribution in [0.15, 0.2) is 70.6 Å². The van der Waals surface area contributed by atoms with Gasteiger partial charge in [-0.25, -0.2) is 13.4 Å². The first-order valence-corrected chi connectivity index (χ1v) is 12.3.